The molecule has 0 bridgehead atoms. The number of rotatable bonds is 3. The fourth-order valence-corrected chi connectivity index (χ4v) is 3.81. The molecule has 0 heterocycles. The highest BCUT2D eigenvalue weighted by molar-refractivity contribution is 7.85. The molecule has 1 aromatic rings. The summed E-state index contributed by atoms with van der Waals surface area (Å²) in [5, 5.41) is 3.61. The number of benzene rings is 1. The highest BCUT2D eigenvalue weighted by atomic mass is 32.2. The largest absolute Gasteiger partial charge is 0.317 e. The zero-order valence-corrected chi connectivity index (χ0v) is 10.7. The van der Waals surface area contributed by atoms with Crippen molar-refractivity contribution in [3.63, 3.8) is 0 Å². The van der Waals surface area contributed by atoms with Crippen LogP contribution in [0.2, 0.25) is 0 Å². The molecule has 0 aliphatic heterocycles. The minimum Gasteiger partial charge on any atom is -0.317 e. The van der Waals surface area contributed by atoms with E-state index in [1.165, 1.54) is 5.56 Å². The third-order valence-electron chi connectivity index (χ3n) is 3.35. The van der Waals surface area contributed by atoms with Crippen molar-refractivity contribution in [1.29, 1.82) is 0 Å². The maximum atomic E-state index is 12.3. The van der Waals surface area contributed by atoms with Crippen molar-refractivity contribution in [3.05, 3.63) is 29.8 Å². The number of hydrogen-bond donors (Lipinski definition) is 1. The summed E-state index contributed by atoms with van der Waals surface area (Å²) in [7, 11) is 1.16. The van der Waals surface area contributed by atoms with Crippen molar-refractivity contribution in [3.8, 4) is 0 Å². The van der Waals surface area contributed by atoms with E-state index in [4.69, 9.17) is 0 Å². The van der Waals surface area contributed by atoms with Crippen molar-refractivity contribution >= 4 is 10.8 Å². The first-order chi connectivity index (χ1) is 7.70. The quantitative estimate of drug-likeness (QED) is 0.873. The fraction of sp³-hybridized carbons (Fsp3) is 0.538. The molecule has 88 valence electrons. The summed E-state index contributed by atoms with van der Waals surface area (Å²) in [6.07, 6.45) is 3.27. The van der Waals surface area contributed by atoms with Gasteiger partial charge in [-0.2, -0.15) is 0 Å². The van der Waals surface area contributed by atoms with Gasteiger partial charge < -0.3 is 5.32 Å². The summed E-state index contributed by atoms with van der Waals surface area (Å²) >= 11 is 0. The summed E-state index contributed by atoms with van der Waals surface area (Å²) < 4.78 is 12.3. The minimum atomic E-state index is -0.829. The Hall–Kier alpha value is -0.670. The second kappa shape index (κ2) is 5.11. The van der Waals surface area contributed by atoms with Crippen LogP contribution in [0, 0.1) is 6.92 Å². The lowest BCUT2D eigenvalue weighted by Gasteiger charge is -2.11. The first-order valence-electron chi connectivity index (χ1n) is 5.85. The van der Waals surface area contributed by atoms with Gasteiger partial charge >= 0.3 is 0 Å². The Morgan fingerprint density at radius 1 is 1.25 bits per heavy atom. The Kier molecular flexibility index (Phi) is 3.77. The molecular formula is C13H19NOS. The first kappa shape index (κ1) is 11.8. The summed E-state index contributed by atoms with van der Waals surface area (Å²) in [6, 6.07) is 8.63. The van der Waals surface area contributed by atoms with Crippen molar-refractivity contribution in [2.24, 2.45) is 0 Å². The molecule has 3 unspecified atom stereocenters. The van der Waals surface area contributed by atoms with Crippen molar-refractivity contribution in [2.45, 2.75) is 42.4 Å². The monoisotopic (exact) mass is 237 g/mol. The van der Waals surface area contributed by atoms with Gasteiger partial charge in [-0.1, -0.05) is 17.7 Å². The average molecular weight is 237 g/mol. The van der Waals surface area contributed by atoms with Crippen LogP contribution in [0.4, 0.5) is 0 Å². The van der Waals surface area contributed by atoms with Gasteiger partial charge in [0.1, 0.15) is 0 Å². The normalized spacial score (nSPS) is 26.9. The second-order valence-electron chi connectivity index (χ2n) is 4.53. The molecule has 0 aromatic heterocycles. The average Bonchev–Trinajstić information content (AvgIpc) is 2.77. The van der Waals surface area contributed by atoms with E-state index >= 15 is 0 Å². The molecule has 1 fully saturated rings. The zero-order valence-electron chi connectivity index (χ0n) is 9.90. The Bertz CT molecular complexity index is 374. The topological polar surface area (TPSA) is 29.1 Å². The maximum absolute atomic E-state index is 12.3. The molecule has 0 radical (unpaired) electrons. The van der Waals surface area contributed by atoms with Crippen LogP contribution >= 0.6 is 0 Å². The van der Waals surface area contributed by atoms with E-state index in [2.05, 4.69) is 12.2 Å². The number of aryl methyl sites for hydroxylation is 1. The highest BCUT2D eigenvalue weighted by Gasteiger charge is 2.28. The van der Waals surface area contributed by atoms with Crippen LogP contribution in [0.1, 0.15) is 24.8 Å². The standard InChI is InChI=1S/C13H19NOS/c1-10-3-6-12(7-4-10)16(15)13-8-5-11(9-13)14-2/h3-4,6-7,11,13-14H,5,8-9H2,1-2H3. The predicted molar refractivity (Wildman–Crippen MR) is 68.1 cm³/mol. The van der Waals surface area contributed by atoms with Crippen LogP contribution in [0.15, 0.2) is 29.2 Å². The lowest BCUT2D eigenvalue weighted by Crippen LogP contribution is -2.23. The molecule has 1 N–H and O–H groups in total. The predicted octanol–water partition coefficient (Wildman–Crippen LogP) is 2.24. The van der Waals surface area contributed by atoms with Gasteiger partial charge in [-0.15, -0.1) is 0 Å². The van der Waals surface area contributed by atoms with Gasteiger partial charge in [0, 0.05) is 16.2 Å². The Labute approximate surface area is 99.9 Å². The Morgan fingerprint density at radius 3 is 2.50 bits per heavy atom. The summed E-state index contributed by atoms with van der Waals surface area (Å²) in [4.78, 5) is 0.979. The summed E-state index contributed by atoms with van der Waals surface area (Å²) in [6.45, 7) is 2.05. The molecule has 1 aromatic carbocycles. The van der Waals surface area contributed by atoms with E-state index in [9.17, 15) is 4.21 Å². The van der Waals surface area contributed by atoms with Crippen molar-refractivity contribution < 1.29 is 4.21 Å². The molecule has 0 saturated heterocycles. The van der Waals surface area contributed by atoms with Crippen LogP contribution in [0.3, 0.4) is 0 Å². The van der Waals surface area contributed by atoms with Gasteiger partial charge in [-0.3, -0.25) is 4.21 Å². The van der Waals surface area contributed by atoms with E-state index in [0.29, 0.717) is 11.3 Å². The maximum Gasteiger partial charge on any atom is 0.0561 e. The van der Waals surface area contributed by atoms with Crippen LogP contribution < -0.4 is 5.32 Å². The highest BCUT2D eigenvalue weighted by Crippen LogP contribution is 2.27. The van der Waals surface area contributed by atoms with E-state index < -0.39 is 10.8 Å². The van der Waals surface area contributed by atoms with Gasteiger partial charge in [-0.05, 0) is 45.4 Å². The number of nitrogens with one attached hydrogen (secondary N) is 1. The van der Waals surface area contributed by atoms with Gasteiger partial charge in [-0.25, -0.2) is 0 Å². The summed E-state index contributed by atoms with van der Waals surface area (Å²) in [5.41, 5.74) is 1.22. The Morgan fingerprint density at radius 2 is 1.94 bits per heavy atom. The van der Waals surface area contributed by atoms with Crippen LogP contribution in [0.5, 0.6) is 0 Å². The van der Waals surface area contributed by atoms with Crippen LogP contribution in [-0.2, 0) is 10.8 Å². The van der Waals surface area contributed by atoms with Crippen LogP contribution in [-0.4, -0.2) is 22.5 Å². The van der Waals surface area contributed by atoms with Crippen molar-refractivity contribution in [2.75, 3.05) is 7.05 Å². The fourth-order valence-electron chi connectivity index (χ4n) is 2.26. The van der Waals surface area contributed by atoms with Gasteiger partial charge in [0.15, 0.2) is 0 Å². The molecule has 16 heavy (non-hydrogen) atoms. The van der Waals surface area contributed by atoms with Gasteiger partial charge in [0.05, 0.1) is 10.8 Å². The smallest absolute Gasteiger partial charge is 0.0561 e. The molecular weight excluding hydrogens is 218 g/mol. The molecule has 1 aliphatic rings. The molecule has 2 nitrogen and oxygen atoms in total. The third-order valence-corrected chi connectivity index (χ3v) is 5.12. The molecule has 2 rings (SSSR count). The minimum absolute atomic E-state index is 0.333. The first-order valence-corrected chi connectivity index (χ1v) is 7.06. The Balaban J connectivity index is 2.05. The van der Waals surface area contributed by atoms with E-state index in [-0.39, 0.29) is 0 Å². The van der Waals surface area contributed by atoms with Gasteiger partial charge in [0.2, 0.25) is 0 Å². The van der Waals surface area contributed by atoms with Gasteiger partial charge in [0.25, 0.3) is 0 Å². The molecule has 0 amide bonds. The second-order valence-corrected chi connectivity index (χ2v) is 6.26. The van der Waals surface area contributed by atoms with E-state index in [1.807, 2.05) is 31.3 Å². The molecule has 1 saturated carbocycles. The van der Waals surface area contributed by atoms with Crippen molar-refractivity contribution in [1.82, 2.24) is 5.32 Å². The third kappa shape index (κ3) is 2.53. The molecule has 3 atom stereocenters. The molecule has 3 heteroatoms. The lowest BCUT2D eigenvalue weighted by atomic mass is 10.2. The van der Waals surface area contributed by atoms with Crippen LogP contribution in [0.25, 0.3) is 0 Å². The summed E-state index contributed by atoms with van der Waals surface area (Å²) in [5.74, 6) is 0. The van der Waals surface area contributed by atoms with E-state index in [1.54, 1.807) is 0 Å². The molecule has 1 aliphatic carbocycles. The SMILES string of the molecule is CNC1CCC(S(=O)c2ccc(C)cc2)C1. The van der Waals surface area contributed by atoms with E-state index in [0.717, 1.165) is 24.2 Å². The zero-order chi connectivity index (χ0) is 11.5. The lowest BCUT2D eigenvalue weighted by molar-refractivity contribution is 0.581. The number of hydrogen-bond acceptors (Lipinski definition) is 2. The molecule has 0 spiro atoms.